The molecule has 0 fully saturated rings. The fourth-order valence-corrected chi connectivity index (χ4v) is 2.80. The zero-order chi connectivity index (χ0) is 15.7. The van der Waals surface area contributed by atoms with Gasteiger partial charge in [0, 0.05) is 29.3 Å². The molecule has 0 amide bonds. The SMILES string of the molecule is CCCCN(CCO)c1cc(Br)ccc1C(C)NCCC. The van der Waals surface area contributed by atoms with Crippen LogP contribution in [-0.2, 0) is 0 Å². The minimum absolute atomic E-state index is 0.187. The first-order valence-electron chi connectivity index (χ1n) is 8.02. The van der Waals surface area contributed by atoms with E-state index in [0.29, 0.717) is 12.6 Å². The summed E-state index contributed by atoms with van der Waals surface area (Å²) >= 11 is 3.58. The number of aliphatic hydroxyl groups is 1. The highest BCUT2D eigenvalue weighted by atomic mass is 79.9. The average molecular weight is 357 g/mol. The number of hydrogen-bond acceptors (Lipinski definition) is 3. The lowest BCUT2D eigenvalue weighted by Crippen LogP contribution is -2.30. The molecule has 0 aliphatic carbocycles. The molecule has 1 rings (SSSR count). The van der Waals surface area contributed by atoms with Gasteiger partial charge in [0.2, 0.25) is 0 Å². The van der Waals surface area contributed by atoms with E-state index in [4.69, 9.17) is 0 Å². The van der Waals surface area contributed by atoms with Gasteiger partial charge in [0.25, 0.3) is 0 Å². The van der Waals surface area contributed by atoms with E-state index in [1.165, 1.54) is 11.3 Å². The summed E-state index contributed by atoms with van der Waals surface area (Å²) < 4.78 is 1.09. The second-order valence-electron chi connectivity index (χ2n) is 5.44. The van der Waals surface area contributed by atoms with Gasteiger partial charge < -0.3 is 15.3 Å². The largest absolute Gasteiger partial charge is 0.395 e. The molecule has 0 aromatic heterocycles. The third kappa shape index (κ3) is 5.97. The fourth-order valence-electron chi connectivity index (χ4n) is 2.45. The molecule has 120 valence electrons. The molecular weight excluding hydrogens is 328 g/mol. The van der Waals surface area contributed by atoms with Crippen LogP contribution < -0.4 is 10.2 Å². The van der Waals surface area contributed by atoms with Gasteiger partial charge in [0.1, 0.15) is 0 Å². The predicted octanol–water partition coefficient (Wildman–Crippen LogP) is 4.11. The minimum atomic E-state index is 0.187. The lowest BCUT2D eigenvalue weighted by Gasteiger charge is -2.29. The zero-order valence-electron chi connectivity index (χ0n) is 13.5. The Hall–Kier alpha value is -0.580. The van der Waals surface area contributed by atoms with Crippen molar-refractivity contribution in [1.29, 1.82) is 0 Å². The Labute approximate surface area is 137 Å². The Morgan fingerprint density at radius 2 is 2.00 bits per heavy atom. The van der Waals surface area contributed by atoms with Crippen molar-refractivity contribution in [2.45, 2.75) is 46.1 Å². The van der Waals surface area contributed by atoms with Crippen molar-refractivity contribution in [2.24, 2.45) is 0 Å². The Bertz CT molecular complexity index is 412. The minimum Gasteiger partial charge on any atom is -0.395 e. The van der Waals surface area contributed by atoms with Crippen molar-refractivity contribution >= 4 is 21.6 Å². The van der Waals surface area contributed by atoms with Crippen molar-refractivity contribution in [3.05, 3.63) is 28.2 Å². The summed E-state index contributed by atoms with van der Waals surface area (Å²) in [6, 6.07) is 6.77. The van der Waals surface area contributed by atoms with E-state index in [-0.39, 0.29) is 6.61 Å². The Balaban J connectivity index is 3.01. The highest BCUT2D eigenvalue weighted by molar-refractivity contribution is 9.10. The number of hydrogen-bond donors (Lipinski definition) is 2. The highest BCUT2D eigenvalue weighted by Gasteiger charge is 2.15. The standard InChI is InChI=1S/C17H29BrN2O/c1-4-6-10-20(11-12-21)17-13-15(18)7-8-16(17)14(3)19-9-5-2/h7-8,13-14,19,21H,4-6,9-12H2,1-3H3. The molecule has 0 radical (unpaired) electrons. The maximum Gasteiger partial charge on any atom is 0.0606 e. The molecule has 0 aliphatic rings. The molecule has 2 N–H and O–H groups in total. The molecule has 4 heteroatoms. The van der Waals surface area contributed by atoms with Gasteiger partial charge in [0.15, 0.2) is 0 Å². The van der Waals surface area contributed by atoms with Crippen LogP contribution in [0.2, 0.25) is 0 Å². The Morgan fingerprint density at radius 1 is 1.24 bits per heavy atom. The number of rotatable bonds is 10. The second kappa shape index (κ2) is 10.2. The third-order valence-corrected chi connectivity index (χ3v) is 4.14. The van der Waals surface area contributed by atoms with Crippen LogP contribution in [0.5, 0.6) is 0 Å². The van der Waals surface area contributed by atoms with Crippen LogP contribution in [-0.4, -0.2) is 31.3 Å². The van der Waals surface area contributed by atoms with Gasteiger partial charge in [-0.2, -0.15) is 0 Å². The monoisotopic (exact) mass is 356 g/mol. The van der Waals surface area contributed by atoms with Crippen LogP contribution in [0.1, 0.15) is 51.6 Å². The normalized spacial score (nSPS) is 12.4. The molecular formula is C17H29BrN2O. The van der Waals surface area contributed by atoms with Crippen LogP contribution in [0.4, 0.5) is 5.69 Å². The van der Waals surface area contributed by atoms with E-state index in [2.05, 4.69) is 65.1 Å². The lowest BCUT2D eigenvalue weighted by molar-refractivity contribution is 0.301. The number of benzene rings is 1. The van der Waals surface area contributed by atoms with E-state index >= 15 is 0 Å². The first-order valence-corrected chi connectivity index (χ1v) is 8.81. The summed E-state index contributed by atoms with van der Waals surface area (Å²) in [6.07, 6.45) is 3.43. The molecule has 1 aromatic rings. The molecule has 0 spiro atoms. The van der Waals surface area contributed by atoms with Crippen LogP contribution in [0.25, 0.3) is 0 Å². The lowest BCUT2D eigenvalue weighted by atomic mass is 10.0. The third-order valence-electron chi connectivity index (χ3n) is 3.65. The number of unbranched alkanes of at least 4 members (excludes halogenated alkanes) is 1. The molecule has 21 heavy (non-hydrogen) atoms. The van der Waals surface area contributed by atoms with E-state index < -0.39 is 0 Å². The van der Waals surface area contributed by atoms with Crippen molar-refractivity contribution in [1.82, 2.24) is 5.32 Å². The Kier molecular flexibility index (Phi) is 8.97. The number of nitrogens with zero attached hydrogens (tertiary/aromatic N) is 1. The zero-order valence-corrected chi connectivity index (χ0v) is 15.1. The van der Waals surface area contributed by atoms with Gasteiger partial charge >= 0.3 is 0 Å². The van der Waals surface area contributed by atoms with Crippen LogP contribution in [0.3, 0.4) is 0 Å². The van der Waals surface area contributed by atoms with Crippen molar-refractivity contribution in [3.8, 4) is 0 Å². The topological polar surface area (TPSA) is 35.5 Å². The van der Waals surface area contributed by atoms with Gasteiger partial charge in [-0.15, -0.1) is 0 Å². The predicted molar refractivity (Wildman–Crippen MR) is 95.1 cm³/mol. The molecule has 1 atom stereocenters. The summed E-state index contributed by atoms with van der Waals surface area (Å²) in [4.78, 5) is 2.30. The van der Waals surface area contributed by atoms with Crippen molar-refractivity contribution in [2.75, 3.05) is 31.1 Å². The van der Waals surface area contributed by atoms with E-state index in [9.17, 15) is 5.11 Å². The van der Waals surface area contributed by atoms with Crippen LogP contribution in [0, 0.1) is 0 Å². The summed E-state index contributed by atoms with van der Waals surface area (Å²) in [6.45, 7) is 9.47. The summed E-state index contributed by atoms with van der Waals surface area (Å²) in [5.41, 5.74) is 2.53. The molecule has 0 saturated carbocycles. The molecule has 0 heterocycles. The summed E-state index contributed by atoms with van der Waals surface area (Å²) in [5, 5.41) is 12.9. The van der Waals surface area contributed by atoms with E-state index in [1.807, 2.05) is 0 Å². The quantitative estimate of drug-likeness (QED) is 0.662. The molecule has 1 unspecified atom stereocenters. The second-order valence-corrected chi connectivity index (χ2v) is 6.36. The first-order chi connectivity index (χ1) is 10.1. The number of halogens is 1. The first kappa shape index (κ1) is 18.5. The van der Waals surface area contributed by atoms with Gasteiger partial charge in [-0.25, -0.2) is 0 Å². The van der Waals surface area contributed by atoms with Crippen LogP contribution in [0.15, 0.2) is 22.7 Å². The van der Waals surface area contributed by atoms with Gasteiger partial charge in [-0.3, -0.25) is 0 Å². The van der Waals surface area contributed by atoms with Gasteiger partial charge in [-0.1, -0.05) is 42.3 Å². The van der Waals surface area contributed by atoms with Gasteiger partial charge in [-0.05, 0) is 44.0 Å². The maximum absolute atomic E-state index is 9.37. The maximum atomic E-state index is 9.37. The summed E-state index contributed by atoms with van der Waals surface area (Å²) in [5.74, 6) is 0. The molecule has 0 saturated heterocycles. The van der Waals surface area contributed by atoms with Crippen LogP contribution >= 0.6 is 15.9 Å². The molecule has 0 aliphatic heterocycles. The van der Waals surface area contributed by atoms with E-state index in [0.717, 1.165) is 36.8 Å². The number of anilines is 1. The average Bonchev–Trinajstić information content (AvgIpc) is 2.49. The highest BCUT2D eigenvalue weighted by Crippen LogP contribution is 2.30. The summed E-state index contributed by atoms with van der Waals surface area (Å²) in [7, 11) is 0. The molecule has 3 nitrogen and oxygen atoms in total. The van der Waals surface area contributed by atoms with Crippen molar-refractivity contribution < 1.29 is 5.11 Å². The van der Waals surface area contributed by atoms with Gasteiger partial charge in [0.05, 0.1) is 6.61 Å². The molecule has 1 aromatic carbocycles. The fraction of sp³-hybridized carbons (Fsp3) is 0.647. The van der Waals surface area contributed by atoms with E-state index in [1.54, 1.807) is 0 Å². The number of aliphatic hydroxyl groups excluding tert-OH is 1. The Morgan fingerprint density at radius 3 is 2.62 bits per heavy atom. The molecule has 0 bridgehead atoms. The number of nitrogens with one attached hydrogen (secondary N) is 1. The smallest absolute Gasteiger partial charge is 0.0606 e. The van der Waals surface area contributed by atoms with Crippen molar-refractivity contribution in [3.63, 3.8) is 0 Å².